The van der Waals surface area contributed by atoms with Crippen LogP contribution in [0.1, 0.15) is 37.0 Å². The van der Waals surface area contributed by atoms with Crippen molar-refractivity contribution < 1.29 is 0 Å². The molecule has 0 unspecified atom stereocenters. The van der Waals surface area contributed by atoms with Gasteiger partial charge in [0, 0.05) is 17.5 Å². The van der Waals surface area contributed by atoms with E-state index >= 15 is 0 Å². The van der Waals surface area contributed by atoms with E-state index in [1.807, 2.05) is 11.3 Å². The average molecular weight is 261 g/mol. The van der Waals surface area contributed by atoms with E-state index in [1.54, 1.807) is 6.42 Å². The molecule has 4 saturated carbocycles. The normalized spacial score (nSPS) is 41.4. The molecule has 5 rings (SSSR count). The van der Waals surface area contributed by atoms with E-state index in [4.69, 9.17) is 0 Å². The predicted molar refractivity (Wildman–Crippen MR) is 76.9 cm³/mol. The van der Waals surface area contributed by atoms with Crippen molar-refractivity contribution in [2.45, 2.75) is 44.6 Å². The highest BCUT2D eigenvalue weighted by atomic mass is 32.1. The molecule has 0 saturated heterocycles. The van der Waals surface area contributed by atoms with Gasteiger partial charge in [-0.05, 0) is 73.6 Å². The molecule has 0 aliphatic heterocycles. The first-order chi connectivity index (χ1) is 8.88. The SMILES string of the molecule is c1csc(CCNC2C3CC4CC(C3)CC2C4)c1. The van der Waals surface area contributed by atoms with Crippen LogP contribution in [0.25, 0.3) is 0 Å². The first-order valence-electron chi connectivity index (χ1n) is 7.64. The molecule has 1 aromatic rings. The van der Waals surface area contributed by atoms with E-state index in [1.165, 1.54) is 43.5 Å². The van der Waals surface area contributed by atoms with Crippen LogP contribution in [-0.4, -0.2) is 12.6 Å². The number of nitrogens with one attached hydrogen (secondary N) is 1. The Morgan fingerprint density at radius 3 is 2.39 bits per heavy atom. The van der Waals surface area contributed by atoms with E-state index < -0.39 is 0 Å². The predicted octanol–water partition coefficient (Wildman–Crippen LogP) is 3.70. The summed E-state index contributed by atoms with van der Waals surface area (Å²) >= 11 is 1.90. The fourth-order valence-electron chi connectivity index (χ4n) is 5.08. The monoisotopic (exact) mass is 261 g/mol. The van der Waals surface area contributed by atoms with Crippen molar-refractivity contribution >= 4 is 11.3 Å². The van der Waals surface area contributed by atoms with E-state index in [9.17, 15) is 0 Å². The number of thiophene rings is 1. The van der Waals surface area contributed by atoms with Gasteiger partial charge in [-0.3, -0.25) is 0 Å². The lowest BCUT2D eigenvalue weighted by atomic mass is 9.54. The number of hydrogen-bond acceptors (Lipinski definition) is 2. The summed E-state index contributed by atoms with van der Waals surface area (Å²) in [6.07, 6.45) is 8.91. The molecule has 2 heteroatoms. The van der Waals surface area contributed by atoms with Crippen LogP contribution in [0.15, 0.2) is 17.5 Å². The van der Waals surface area contributed by atoms with Crippen LogP contribution in [-0.2, 0) is 6.42 Å². The van der Waals surface area contributed by atoms with Crippen molar-refractivity contribution in [1.82, 2.24) is 5.32 Å². The quantitative estimate of drug-likeness (QED) is 0.871. The molecule has 18 heavy (non-hydrogen) atoms. The molecule has 0 atom stereocenters. The third kappa shape index (κ3) is 2.04. The van der Waals surface area contributed by atoms with Crippen molar-refractivity contribution in [2.24, 2.45) is 23.7 Å². The van der Waals surface area contributed by atoms with Crippen molar-refractivity contribution in [2.75, 3.05) is 6.54 Å². The lowest BCUT2D eigenvalue weighted by molar-refractivity contribution is -0.0133. The zero-order valence-electron chi connectivity index (χ0n) is 11.0. The van der Waals surface area contributed by atoms with Crippen molar-refractivity contribution in [3.63, 3.8) is 0 Å². The number of rotatable bonds is 4. The molecule has 4 fully saturated rings. The lowest BCUT2D eigenvalue weighted by Gasteiger charge is -2.54. The van der Waals surface area contributed by atoms with E-state index in [-0.39, 0.29) is 0 Å². The van der Waals surface area contributed by atoms with Crippen LogP contribution in [0.3, 0.4) is 0 Å². The molecule has 0 aromatic carbocycles. The van der Waals surface area contributed by atoms with Gasteiger partial charge in [-0.15, -0.1) is 11.3 Å². The van der Waals surface area contributed by atoms with Gasteiger partial charge < -0.3 is 5.32 Å². The first kappa shape index (κ1) is 11.5. The molecule has 1 aromatic heterocycles. The van der Waals surface area contributed by atoms with Crippen LogP contribution in [0.5, 0.6) is 0 Å². The zero-order chi connectivity index (χ0) is 11.9. The minimum Gasteiger partial charge on any atom is -0.313 e. The lowest BCUT2D eigenvalue weighted by Crippen LogP contribution is -2.54. The van der Waals surface area contributed by atoms with E-state index in [2.05, 4.69) is 22.8 Å². The fraction of sp³-hybridized carbons (Fsp3) is 0.750. The summed E-state index contributed by atoms with van der Waals surface area (Å²) in [7, 11) is 0. The summed E-state index contributed by atoms with van der Waals surface area (Å²) in [6, 6.07) is 5.30. The standard InChI is InChI=1S/C16H23NS/c1-2-15(18-5-1)3-4-17-16-13-7-11-6-12(9-13)10-14(16)8-11/h1-2,5,11-14,16-17H,3-4,6-10H2. The second kappa shape index (κ2) is 4.64. The van der Waals surface area contributed by atoms with Gasteiger partial charge in [-0.1, -0.05) is 6.07 Å². The summed E-state index contributed by atoms with van der Waals surface area (Å²) in [4.78, 5) is 1.53. The highest BCUT2D eigenvalue weighted by Gasteiger charge is 2.47. The maximum Gasteiger partial charge on any atom is 0.0124 e. The number of hydrogen-bond donors (Lipinski definition) is 1. The highest BCUT2D eigenvalue weighted by molar-refractivity contribution is 7.09. The molecule has 98 valence electrons. The minimum absolute atomic E-state index is 0.859. The summed E-state index contributed by atoms with van der Waals surface area (Å²) in [5, 5.41) is 6.10. The molecule has 0 amide bonds. The average Bonchev–Trinajstić information content (AvgIpc) is 2.85. The van der Waals surface area contributed by atoms with Crippen LogP contribution in [0.2, 0.25) is 0 Å². The first-order valence-corrected chi connectivity index (χ1v) is 8.52. The Kier molecular flexibility index (Phi) is 2.96. The Morgan fingerprint density at radius 2 is 1.78 bits per heavy atom. The van der Waals surface area contributed by atoms with Crippen LogP contribution < -0.4 is 5.32 Å². The van der Waals surface area contributed by atoms with E-state index in [0.717, 1.165) is 29.7 Å². The summed E-state index contributed by atoms with van der Waals surface area (Å²) < 4.78 is 0. The molecule has 1 heterocycles. The van der Waals surface area contributed by atoms with Crippen LogP contribution >= 0.6 is 11.3 Å². The van der Waals surface area contributed by atoms with Gasteiger partial charge in [-0.25, -0.2) is 0 Å². The third-order valence-corrected chi connectivity index (χ3v) is 6.49. The summed E-state index contributed by atoms with van der Waals surface area (Å²) in [5.41, 5.74) is 0. The van der Waals surface area contributed by atoms with Gasteiger partial charge in [0.25, 0.3) is 0 Å². The second-order valence-electron chi connectivity index (χ2n) is 6.74. The zero-order valence-corrected chi connectivity index (χ0v) is 11.8. The van der Waals surface area contributed by atoms with Gasteiger partial charge in [0.05, 0.1) is 0 Å². The molecule has 1 N–H and O–H groups in total. The van der Waals surface area contributed by atoms with Gasteiger partial charge >= 0.3 is 0 Å². The highest BCUT2D eigenvalue weighted by Crippen LogP contribution is 2.53. The molecule has 4 aliphatic rings. The van der Waals surface area contributed by atoms with Gasteiger partial charge in [0.15, 0.2) is 0 Å². The molecule has 0 radical (unpaired) electrons. The van der Waals surface area contributed by atoms with E-state index in [0.29, 0.717) is 0 Å². The van der Waals surface area contributed by atoms with Crippen LogP contribution in [0, 0.1) is 23.7 Å². The molecule has 1 nitrogen and oxygen atoms in total. The largest absolute Gasteiger partial charge is 0.313 e. The maximum absolute atomic E-state index is 3.91. The summed E-state index contributed by atoms with van der Waals surface area (Å²) in [5.74, 6) is 4.24. The van der Waals surface area contributed by atoms with Crippen molar-refractivity contribution in [1.29, 1.82) is 0 Å². The fourth-order valence-corrected chi connectivity index (χ4v) is 5.78. The van der Waals surface area contributed by atoms with Crippen LogP contribution in [0.4, 0.5) is 0 Å². The topological polar surface area (TPSA) is 12.0 Å². The summed E-state index contributed by atoms with van der Waals surface area (Å²) in [6.45, 7) is 1.19. The van der Waals surface area contributed by atoms with Gasteiger partial charge in [0.1, 0.15) is 0 Å². The maximum atomic E-state index is 3.91. The molecular formula is C16H23NS. The molecular weight excluding hydrogens is 238 g/mol. The van der Waals surface area contributed by atoms with Gasteiger partial charge in [0.2, 0.25) is 0 Å². The molecule has 0 spiro atoms. The Hall–Kier alpha value is -0.340. The Bertz CT molecular complexity index is 369. The van der Waals surface area contributed by atoms with Crippen molar-refractivity contribution in [3.05, 3.63) is 22.4 Å². The molecule has 4 bridgehead atoms. The second-order valence-corrected chi connectivity index (χ2v) is 7.77. The Balaban J connectivity index is 1.35. The van der Waals surface area contributed by atoms with Gasteiger partial charge in [-0.2, -0.15) is 0 Å². The minimum atomic E-state index is 0.859. The molecule has 4 aliphatic carbocycles. The third-order valence-electron chi connectivity index (χ3n) is 5.56. The smallest absolute Gasteiger partial charge is 0.0124 e. The Labute approximate surface area is 114 Å². The van der Waals surface area contributed by atoms with Crippen molar-refractivity contribution in [3.8, 4) is 0 Å². The Morgan fingerprint density at radius 1 is 1.06 bits per heavy atom.